The van der Waals surface area contributed by atoms with Crippen LogP contribution in [0.15, 0.2) is 18.2 Å². The van der Waals surface area contributed by atoms with Gasteiger partial charge in [0.2, 0.25) is 0 Å². The zero-order valence-corrected chi connectivity index (χ0v) is 11.3. The molecule has 0 aliphatic carbocycles. The summed E-state index contributed by atoms with van der Waals surface area (Å²) >= 11 is 0. The van der Waals surface area contributed by atoms with Gasteiger partial charge in [0.05, 0.1) is 0 Å². The van der Waals surface area contributed by atoms with Gasteiger partial charge in [-0.1, -0.05) is 13.0 Å². The number of hydrogen-bond acceptors (Lipinski definition) is 2. The first-order valence-corrected chi connectivity index (χ1v) is 6.81. The molecule has 0 spiro atoms. The van der Waals surface area contributed by atoms with E-state index in [0.29, 0.717) is 18.5 Å². The fourth-order valence-electron chi connectivity index (χ4n) is 2.97. The first-order valence-electron chi connectivity index (χ1n) is 6.81. The standard InChI is InChI=1S/C15H23FN2/c1-11-4-3-7-18(15(11)9-17)10-13-5-6-14(16)8-12(13)2/h5-6,8,11,15H,3-4,7,9-10,17H2,1-2H3. The van der Waals surface area contributed by atoms with Crippen LogP contribution >= 0.6 is 0 Å². The molecule has 3 heteroatoms. The topological polar surface area (TPSA) is 29.3 Å². The van der Waals surface area contributed by atoms with Gasteiger partial charge in [-0.15, -0.1) is 0 Å². The number of hydrogen-bond donors (Lipinski definition) is 1. The average molecular weight is 250 g/mol. The van der Waals surface area contributed by atoms with Crippen LogP contribution in [0.1, 0.15) is 30.9 Å². The normalized spacial score (nSPS) is 25.3. The maximum atomic E-state index is 13.1. The van der Waals surface area contributed by atoms with Crippen molar-refractivity contribution in [2.24, 2.45) is 11.7 Å². The van der Waals surface area contributed by atoms with Crippen LogP contribution in [0.3, 0.4) is 0 Å². The molecule has 1 fully saturated rings. The fourth-order valence-corrected chi connectivity index (χ4v) is 2.97. The second-order valence-corrected chi connectivity index (χ2v) is 5.46. The van der Waals surface area contributed by atoms with E-state index in [2.05, 4.69) is 11.8 Å². The van der Waals surface area contributed by atoms with Crippen molar-refractivity contribution in [2.75, 3.05) is 13.1 Å². The summed E-state index contributed by atoms with van der Waals surface area (Å²) in [7, 11) is 0. The van der Waals surface area contributed by atoms with Crippen molar-refractivity contribution in [3.63, 3.8) is 0 Å². The van der Waals surface area contributed by atoms with E-state index in [9.17, 15) is 4.39 Å². The minimum Gasteiger partial charge on any atom is -0.329 e. The Labute approximate surface area is 109 Å². The number of benzene rings is 1. The van der Waals surface area contributed by atoms with Crippen LogP contribution in [0.5, 0.6) is 0 Å². The van der Waals surface area contributed by atoms with Crippen LogP contribution in [0, 0.1) is 18.7 Å². The molecule has 0 saturated carbocycles. The highest BCUT2D eigenvalue weighted by atomic mass is 19.1. The first kappa shape index (κ1) is 13.5. The molecule has 0 aromatic heterocycles. The molecule has 0 radical (unpaired) electrons. The largest absolute Gasteiger partial charge is 0.329 e. The third kappa shape index (κ3) is 2.90. The van der Waals surface area contributed by atoms with Crippen molar-refractivity contribution in [3.05, 3.63) is 35.1 Å². The van der Waals surface area contributed by atoms with Crippen LogP contribution in [0.25, 0.3) is 0 Å². The molecule has 0 amide bonds. The van der Waals surface area contributed by atoms with E-state index < -0.39 is 0 Å². The first-order chi connectivity index (χ1) is 8.61. The summed E-state index contributed by atoms with van der Waals surface area (Å²) < 4.78 is 13.1. The Kier molecular flexibility index (Phi) is 4.36. The predicted molar refractivity (Wildman–Crippen MR) is 72.8 cm³/mol. The Morgan fingerprint density at radius 3 is 2.89 bits per heavy atom. The molecule has 1 aromatic rings. The molecule has 2 rings (SSSR count). The van der Waals surface area contributed by atoms with Crippen molar-refractivity contribution in [3.8, 4) is 0 Å². The second-order valence-electron chi connectivity index (χ2n) is 5.46. The Balaban J connectivity index is 2.11. The lowest BCUT2D eigenvalue weighted by Crippen LogP contribution is -2.48. The van der Waals surface area contributed by atoms with E-state index in [4.69, 9.17) is 5.73 Å². The average Bonchev–Trinajstić information content (AvgIpc) is 2.33. The number of nitrogens with zero attached hydrogens (tertiary/aromatic N) is 1. The summed E-state index contributed by atoms with van der Waals surface area (Å²) in [6.07, 6.45) is 2.50. The van der Waals surface area contributed by atoms with Crippen LogP contribution in [-0.2, 0) is 6.54 Å². The lowest BCUT2D eigenvalue weighted by molar-refractivity contribution is 0.0988. The zero-order chi connectivity index (χ0) is 13.1. The lowest BCUT2D eigenvalue weighted by atomic mass is 9.90. The van der Waals surface area contributed by atoms with Gasteiger partial charge in [0.15, 0.2) is 0 Å². The van der Waals surface area contributed by atoms with E-state index in [-0.39, 0.29) is 5.82 Å². The van der Waals surface area contributed by atoms with E-state index in [1.807, 2.05) is 13.0 Å². The number of nitrogens with two attached hydrogens (primary N) is 1. The summed E-state index contributed by atoms with van der Waals surface area (Å²) in [5, 5.41) is 0. The highest BCUT2D eigenvalue weighted by Crippen LogP contribution is 2.25. The van der Waals surface area contributed by atoms with E-state index in [0.717, 1.165) is 18.7 Å². The van der Waals surface area contributed by atoms with Crippen LogP contribution in [0.4, 0.5) is 4.39 Å². The summed E-state index contributed by atoms with van der Waals surface area (Å²) in [6, 6.07) is 5.52. The number of aryl methyl sites for hydroxylation is 1. The van der Waals surface area contributed by atoms with Crippen molar-refractivity contribution in [2.45, 2.75) is 39.3 Å². The van der Waals surface area contributed by atoms with Crippen LogP contribution < -0.4 is 5.73 Å². The molecule has 1 aliphatic heterocycles. The maximum Gasteiger partial charge on any atom is 0.123 e. The van der Waals surface area contributed by atoms with E-state index in [1.165, 1.54) is 18.4 Å². The van der Waals surface area contributed by atoms with Crippen molar-refractivity contribution in [1.29, 1.82) is 0 Å². The third-order valence-corrected chi connectivity index (χ3v) is 4.15. The molecule has 18 heavy (non-hydrogen) atoms. The van der Waals surface area contributed by atoms with Gasteiger partial charge in [-0.05, 0) is 55.5 Å². The zero-order valence-electron chi connectivity index (χ0n) is 11.3. The summed E-state index contributed by atoms with van der Waals surface area (Å²) in [5.74, 6) is 0.503. The Morgan fingerprint density at radius 1 is 1.44 bits per heavy atom. The quantitative estimate of drug-likeness (QED) is 0.893. The number of rotatable bonds is 3. The predicted octanol–water partition coefficient (Wildman–Crippen LogP) is 2.69. The van der Waals surface area contributed by atoms with Gasteiger partial charge < -0.3 is 5.73 Å². The van der Waals surface area contributed by atoms with Gasteiger partial charge in [0.25, 0.3) is 0 Å². The van der Waals surface area contributed by atoms with Crippen LogP contribution in [-0.4, -0.2) is 24.0 Å². The van der Waals surface area contributed by atoms with Gasteiger partial charge in [-0.25, -0.2) is 4.39 Å². The molecule has 2 atom stereocenters. The summed E-state index contributed by atoms with van der Waals surface area (Å²) in [4.78, 5) is 2.45. The van der Waals surface area contributed by atoms with Gasteiger partial charge in [-0.3, -0.25) is 4.90 Å². The van der Waals surface area contributed by atoms with Gasteiger partial charge in [0, 0.05) is 19.1 Å². The molecule has 100 valence electrons. The second kappa shape index (κ2) is 5.81. The summed E-state index contributed by atoms with van der Waals surface area (Å²) in [5.41, 5.74) is 8.14. The molecule has 2 nitrogen and oxygen atoms in total. The molecule has 1 heterocycles. The molecule has 1 aromatic carbocycles. The fraction of sp³-hybridized carbons (Fsp3) is 0.600. The summed E-state index contributed by atoms with van der Waals surface area (Å²) in [6.45, 7) is 6.95. The molecule has 2 N–H and O–H groups in total. The van der Waals surface area contributed by atoms with Crippen molar-refractivity contribution >= 4 is 0 Å². The Bertz CT molecular complexity index is 405. The Hall–Kier alpha value is -0.930. The molecule has 2 unspecified atom stereocenters. The maximum absolute atomic E-state index is 13.1. The third-order valence-electron chi connectivity index (χ3n) is 4.15. The highest BCUT2D eigenvalue weighted by Gasteiger charge is 2.27. The minimum atomic E-state index is -0.154. The van der Waals surface area contributed by atoms with Gasteiger partial charge in [-0.2, -0.15) is 0 Å². The lowest BCUT2D eigenvalue weighted by Gasteiger charge is -2.39. The molecular formula is C15H23FN2. The number of likely N-dealkylation sites (tertiary alicyclic amines) is 1. The SMILES string of the molecule is Cc1cc(F)ccc1CN1CCCC(C)C1CN. The smallest absolute Gasteiger partial charge is 0.123 e. The molecular weight excluding hydrogens is 227 g/mol. The number of halogens is 1. The Morgan fingerprint density at radius 2 is 2.22 bits per heavy atom. The van der Waals surface area contributed by atoms with Gasteiger partial charge >= 0.3 is 0 Å². The minimum absolute atomic E-state index is 0.154. The van der Waals surface area contributed by atoms with Crippen molar-refractivity contribution < 1.29 is 4.39 Å². The van der Waals surface area contributed by atoms with Gasteiger partial charge in [0.1, 0.15) is 5.82 Å². The monoisotopic (exact) mass is 250 g/mol. The molecule has 0 bridgehead atoms. The van der Waals surface area contributed by atoms with Crippen molar-refractivity contribution in [1.82, 2.24) is 4.90 Å². The molecule has 1 aliphatic rings. The van der Waals surface area contributed by atoms with E-state index in [1.54, 1.807) is 12.1 Å². The molecule has 1 saturated heterocycles. The van der Waals surface area contributed by atoms with E-state index >= 15 is 0 Å². The number of piperidine rings is 1. The van der Waals surface area contributed by atoms with Crippen LogP contribution in [0.2, 0.25) is 0 Å². The highest BCUT2D eigenvalue weighted by molar-refractivity contribution is 5.26.